The molecule has 5 atom stereocenters. The van der Waals surface area contributed by atoms with E-state index in [0.29, 0.717) is 16.9 Å². The van der Waals surface area contributed by atoms with Crippen molar-refractivity contribution in [3.63, 3.8) is 0 Å². The Hall–Kier alpha value is -1.44. The fourth-order valence-electron chi connectivity index (χ4n) is 6.02. The van der Waals surface area contributed by atoms with E-state index in [1.54, 1.807) is 0 Å². The van der Waals surface area contributed by atoms with Gasteiger partial charge in [0.2, 0.25) is 0 Å². The molecule has 21 heavy (non-hydrogen) atoms. The minimum Gasteiger partial charge on any atom is -0.507 e. The summed E-state index contributed by atoms with van der Waals surface area (Å²) >= 11 is 0. The number of aryl methyl sites for hydroxylation is 1. The van der Waals surface area contributed by atoms with Crippen molar-refractivity contribution in [3.8, 4) is 11.5 Å². The number of allylic oxidation sites excluding steroid dienone is 2. The van der Waals surface area contributed by atoms with Crippen LogP contribution in [0.15, 0.2) is 23.8 Å². The minimum absolute atomic E-state index is 0.00251. The standard InChI is InChI=1S/C19H22O2/c1-3-4-5-6-11-7-12(20)15(13(21)8-11)18-9-10(2)14-16-17(18)19(14,16)18/h7-9,14,16-17,20-21H,3-6H2,1-2H3/t14-,16?,17-,18+,19?/m1/s1. The van der Waals surface area contributed by atoms with Gasteiger partial charge in [-0.1, -0.05) is 31.4 Å². The van der Waals surface area contributed by atoms with Crippen LogP contribution in [0.2, 0.25) is 0 Å². The van der Waals surface area contributed by atoms with E-state index in [0.717, 1.165) is 41.7 Å². The van der Waals surface area contributed by atoms with Crippen molar-refractivity contribution in [2.75, 3.05) is 0 Å². The number of hydrogen-bond acceptors (Lipinski definition) is 2. The number of phenolic OH excluding ortho intramolecular Hbond substituents is 2. The Morgan fingerprint density at radius 1 is 1.14 bits per heavy atom. The van der Waals surface area contributed by atoms with Gasteiger partial charge in [-0.05, 0) is 60.6 Å². The van der Waals surface area contributed by atoms with Gasteiger partial charge in [-0.2, -0.15) is 0 Å². The number of phenols is 2. The number of unbranched alkanes of at least 4 members (excludes halogenated alkanes) is 2. The smallest absolute Gasteiger partial charge is 0.123 e. The molecule has 1 aromatic rings. The Morgan fingerprint density at radius 2 is 1.86 bits per heavy atom. The van der Waals surface area contributed by atoms with E-state index in [2.05, 4.69) is 19.9 Å². The first-order valence-corrected chi connectivity index (χ1v) is 8.35. The number of rotatable bonds is 5. The third kappa shape index (κ3) is 1.05. The third-order valence-corrected chi connectivity index (χ3v) is 6.79. The molecule has 4 aliphatic carbocycles. The second kappa shape index (κ2) is 3.31. The number of hydrogen-bond donors (Lipinski definition) is 2. The maximum Gasteiger partial charge on any atom is 0.123 e. The molecule has 0 aliphatic heterocycles. The molecule has 110 valence electrons. The topological polar surface area (TPSA) is 40.5 Å². The SMILES string of the molecule is CCCCCc1cc(O)c([C@@]23C=C(C)[C@@H]4C5[C@H]2C543)c(O)c1. The van der Waals surface area contributed by atoms with Crippen molar-refractivity contribution < 1.29 is 10.2 Å². The minimum atomic E-state index is 0.00251. The van der Waals surface area contributed by atoms with E-state index >= 15 is 0 Å². The van der Waals surface area contributed by atoms with Crippen molar-refractivity contribution >= 4 is 0 Å². The van der Waals surface area contributed by atoms with Gasteiger partial charge in [0.05, 0.1) is 0 Å². The molecule has 0 bridgehead atoms. The average molecular weight is 282 g/mol. The van der Waals surface area contributed by atoms with Gasteiger partial charge in [0.1, 0.15) is 11.5 Å². The predicted octanol–water partition coefficient (Wildman–Crippen LogP) is 3.90. The molecule has 2 heteroatoms. The first-order valence-electron chi connectivity index (χ1n) is 8.35. The molecule has 1 aromatic carbocycles. The summed E-state index contributed by atoms with van der Waals surface area (Å²) in [5, 5.41) is 21.0. The van der Waals surface area contributed by atoms with Crippen molar-refractivity contribution in [2.24, 2.45) is 23.2 Å². The molecule has 0 heterocycles. The fraction of sp³-hybridized carbons (Fsp3) is 0.579. The molecule has 4 aliphatic rings. The van der Waals surface area contributed by atoms with Crippen LogP contribution in [0.1, 0.15) is 44.2 Å². The van der Waals surface area contributed by atoms with Crippen molar-refractivity contribution in [2.45, 2.75) is 44.9 Å². The summed E-state index contributed by atoms with van der Waals surface area (Å²) in [6.45, 7) is 4.40. The molecule has 3 saturated carbocycles. The third-order valence-electron chi connectivity index (χ3n) is 6.79. The summed E-state index contributed by atoms with van der Waals surface area (Å²) in [5.41, 5.74) is 3.81. The summed E-state index contributed by atoms with van der Waals surface area (Å²) in [6, 6.07) is 3.78. The van der Waals surface area contributed by atoms with Crippen molar-refractivity contribution in [1.82, 2.24) is 0 Å². The molecule has 5 rings (SSSR count). The molecule has 2 unspecified atom stereocenters. The Bertz CT molecular complexity index is 681. The highest BCUT2D eigenvalue weighted by Crippen LogP contribution is 3.12. The molecular formula is C19H22O2. The van der Waals surface area contributed by atoms with E-state index in [4.69, 9.17) is 0 Å². The first-order chi connectivity index (χ1) is 10.1. The molecule has 0 radical (unpaired) electrons. The van der Waals surface area contributed by atoms with Gasteiger partial charge in [-0.15, -0.1) is 0 Å². The quantitative estimate of drug-likeness (QED) is 0.635. The normalized spacial score (nSPS) is 43.1. The van der Waals surface area contributed by atoms with Crippen LogP contribution in [0.4, 0.5) is 0 Å². The molecule has 1 spiro atoms. The van der Waals surface area contributed by atoms with Crippen LogP contribution in [0.5, 0.6) is 11.5 Å². The summed E-state index contributed by atoms with van der Waals surface area (Å²) < 4.78 is 0. The van der Waals surface area contributed by atoms with Gasteiger partial charge in [-0.3, -0.25) is 0 Å². The zero-order valence-corrected chi connectivity index (χ0v) is 12.7. The van der Waals surface area contributed by atoms with Gasteiger partial charge in [-0.25, -0.2) is 0 Å². The Balaban J connectivity index is 1.49. The summed E-state index contributed by atoms with van der Waals surface area (Å²) in [4.78, 5) is 0. The van der Waals surface area contributed by atoms with Crippen LogP contribution in [0.3, 0.4) is 0 Å². The average Bonchev–Trinajstić information content (AvgIpc) is 3.29. The Kier molecular flexibility index (Phi) is 1.92. The molecule has 2 nitrogen and oxygen atoms in total. The molecule has 0 amide bonds. The zero-order valence-electron chi connectivity index (χ0n) is 12.7. The van der Waals surface area contributed by atoms with Crippen LogP contribution in [0, 0.1) is 23.2 Å². The number of fused-ring (bicyclic) bond motifs is 3. The fourth-order valence-corrected chi connectivity index (χ4v) is 6.02. The summed E-state index contributed by atoms with van der Waals surface area (Å²) in [7, 11) is 0. The van der Waals surface area contributed by atoms with Crippen LogP contribution in [-0.4, -0.2) is 10.2 Å². The molecule has 2 N–H and O–H groups in total. The maximum atomic E-state index is 10.5. The molecular weight excluding hydrogens is 260 g/mol. The van der Waals surface area contributed by atoms with Crippen molar-refractivity contribution in [1.29, 1.82) is 0 Å². The maximum absolute atomic E-state index is 10.5. The lowest BCUT2D eigenvalue weighted by molar-refractivity contribution is 0.416. The van der Waals surface area contributed by atoms with Gasteiger partial charge in [0, 0.05) is 11.0 Å². The molecule has 0 saturated heterocycles. The Morgan fingerprint density at radius 3 is 2.38 bits per heavy atom. The van der Waals surface area contributed by atoms with Crippen LogP contribution in [-0.2, 0) is 11.8 Å². The van der Waals surface area contributed by atoms with E-state index < -0.39 is 0 Å². The van der Waals surface area contributed by atoms with Crippen LogP contribution < -0.4 is 0 Å². The van der Waals surface area contributed by atoms with E-state index in [1.807, 2.05) is 12.1 Å². The monoisotopic (exact) mass is 282 g/mol. The van der Waals surface area contributed by atoms with Crippen LogP contribution >= 0.6 is 0 Å². The lowest BCUT2D eigenvalue weighted by Crippen LogP contribution is -2.16. The van der Waals surface area contributed by atoms with Gasteiger partial charge in [0.25, 0.3) is 0 Å². The Labute approximate surface area is 125 Å². The lowest BCUT2D eigenvalue weighted by atomic mass is 9.82. The lowest BCUT2D eigenvalue weighted by Gasteiger charge is -2.23. The highest BCUT2D eigenvalue weighted by Gasteiger charge is 3.12. The van der Waals surface area contributed by atoms with Gasteiger partial charge < -0.3 is 10.2 Å². The van der Waals surface area contributed by atoms with E-state index in [9.17, 15) is 10.2 Å². The second-order valence-corrected chi connectivity index (χ2v) is 7.64. The van der Waals surface area contributed by atoms with Crippen molar-refractivity contribution in [3.05, 3.63) is 34.9 Å². The highest BCUT2D eigenvalue weighted by molar-refractivity contribution is 5.78. The summed E-state index contributed by atoms with van der Waals surface area (Å²) in [5.74, 6) is 3.01. The zero-order chi connectivity index (χ0) is 14.6. The van der Waals surface area contributed by atoms with Gasteiger partial charge >= 0.3 is 0 Å². The molecule has 3 fully saturated rings. The predicted molar refractivity (Wildman–Crippen MR) is 81.3 cm³/mol. The molecule has 0 aromatic heterocycles. The van der Waals surface area contributed by atoms with E-state index in [1.165, 1.54) is 18.4 Å². The first kappa shape index (κ1) is 12.1. The van der Waals surface area contributed by atoms with Gasteiger partial charge in [0.15, 0.2) is 0 Å². The second-order valence-electron chi connectivity index (χ2n) is 7.64. The van der Waals surface area contributed by atoms with Crippen LogP contribution in [0.25, 0.3) is 0 Å². The number of benzene rings is 1. The largest absolute Gasteiger partial charge is 0.507 e. The highest BCUT2D eigenvalue weighted by atomic mass is 16.3. The van der Waals surface area contributed by atoms with E-state index in [-0.39, 0.29) is 5.41 Å². The number of aromatic hydroxyl groups is 2. The summed E-state index contributed by atoms with van der Waals surface area (Å²) in [6.07, 6.45) is 6.79.